The van der Waals surface area contributed by atoms with E-state index >= 15 is 0 Å². The highest BCUT2D eigenvalue weighted by Crippen LogP contribution is 2.35. The van der Waals surface area contributed by atoms with Crippen LogP contribution in [0.1, 0.15) is 40.7 Å². The molecule has 0 aliphatic carbocycles. The van der Waals surface area contributed by atoms with Crippen LogP contribution >= 0.6 is 11.3 Å². The van der Waals surface area contributed by atoms with Crippen LogP contribution in [0.15, 0.2) is 84.5 Å². The number of benzene rings is 3. The lowest BCUT2D eigenvalue weighted by Crippen LogP contribution is -2.33. The molecule has 0 radical (unpaired) electrons. The van der Waals surface area contributed by atoms with E-state index in [-0.39, 0.29) is 23.7 Å². The first-order chi connectivity index (χ1) is 19.4. The summed E-state index contributed by atoms with van der Waals surface area (Å²) in [5.74, 6) is -0.466. The van der Waals surface area contributed by atoms with E-state index in [1.165, 1.54) is 29.0 Å². The number of amides is 2. The van der Waals surface area contributed by atoms with Crippen molar-refractivity contribution in [2.75, 3.05) is 4.90 Å². The highest BCUT2D eigenvalue weighted by Gasteiger charge is 2.39. The lowest BCUT2D eigenvalue weighted by molar-refractivity contribution is -0.120. The van der Waals surface area contributed by atoms with E-state index in [4.69, 9.17) is 5.73 Å². The molecule has 40 heavy (non-hydrogen) atoms. The van der Waals surface area contributed by atoms with Gasteiger partial charge in [0.15, 0.2) is 0 Å². The summed E-state index contributed by atoms with van der Waals surface area (Å²) < 4.78 is 15.1. The van der Waals surface area contributed by atoms with Crippen LogP contribution in [0, 0.1) is 18.7 Å². The Morgan fingerprint density at radius 1 is 1.07 bits per heavy atom. The van der Waals surface area contributed by atoms with E-state index in [0.717, 1.165) is 41.5 Å². The van der Waals surface area contributed by atoms with Gasteiger partial charge in [-0.15, -0.1) is 11.3 Å². The summed E-state index contributed by atoms with van der Waals surface area (Å²) in [5.41, 5.74) is 11.2. The predicted octanol–water partition coefficient (Wildman–Crippen LogP) is 6.09. The Labute approximate surface area is 236 Å². The van der Waals surface area contributed by atoms with Gasteiger partial charge < -0.3 is 10.6 Å². The monoisotopic (exact) mass is 555 g/mol. The number of nitrogens with two attached hydrogens (primary N) is 1. The first-order valence-electron chi connectivity index (χ1n) is 13.2. The zero-order chi connectivity index (χ0) is 28.2. The Morgan fingerprint density at radius 3 is 2.42 bits per heavy atom. The summed E-state index contributed by atoms with van der Waals surface area (Å²) in [6, 6.07) is 22.7. The van der Waals surface area contributed by atoms with Gasteiger partial charge in [-0.1, -0.05) is 37.3 Å². The molecule has 2 amide bonds. The zero-order valence-corrected chi connectivity index (χ0v) is 23.1. The second kappa shape index (κ2) is 11.8. The van der Waals surface area contributed by atoms with Crippen molar-refractivity contribution in [2.24, 2.45) is 11.7 Å². The van der Waals surface area contributed by atoms with Gasteiger partial charge in [0.25, 0.3) is 5.91 Å². The van der Waals surface area contributed by atoms with Gasteiger partial charge in [-0.3, -0.25) is 9.59 Å². The molecule has 1 aliphatic rings. The van der Waals surface area contributed by atoms with Gasteiger partial charge in [0.2, 0.25) is 5.91 Å². The minimum atomic E-state index is -0.394. The molecular formula is C31H30FN5O2S. The number of anilines is 1. The van der Waals surface area contributed by atoms with Crippen LogP contribution in [-0.4, -0.2) is 32.6 Å². The number of carbonyl (C=O) groups is 2. The number of primary amides is 1. The standard InChI is InChI=1S/C26H24FN3O.C5H6N2OS/c1-2-22-15-19(14-18-6-4-3-5-7-18)26(31)29(22)24-12-13-25-20(16-24)17-28-30(25)23-10-8-21(27)9-11-23;1-3-4(5(6)8)9-2-7-3/h3-13,16-17,19,22H,2,14-15H2,1H3;2H,1H3,(H2,6,8)/t19-,22+;/m0./s1. The molecule has 1 saturated heterocycles. The van der Waals surface area contributed by atoms with Crippen LogP contribution in [0.5, 0.6) is 0 Å². The number of fused-ring (bicyclic) bond motifs is 1. The van der Waals surface area contributed by atoms with Gasteiger partial charge in [0, 0.05) is 23.0 Å². The van der Waals surface area contributed by atoms with Crippen LogP contribution in [0.2, 0.25) is 0 Å². The van der Waals surface area contributed by atoms with Crippen molar-refractivity contribution < 1.29 is 14.0 Å². The molecule has 0 saturated carbocycles. The molecule has 3 aromatic carbocycles. The van der Waals surface area contributed by atoms with Gasteiger partial charge in [-0.2, -0.15) is 5.10 Å². The van der Waals surface area contributed by atoms with E-state index in [1.807, 2.05) is 41.3 Å². The van der Waals surface area contributed by atoms with Crippen molar-refractivity contribution in [1.29, 1.82) is 0 Å². The van der Waals surface area contributed by atoms with E-state index in [2.05, 4.69) is 29.1 Å². The van der Waals surface area contributed by atoms with Gasteiger partial charge in [0.05, 0.1) is 28.6 Å². The SMILES string of the molecule is CC[C@@H]1C[C@H](Cc2ccccc2)C(=O)N1c1ccc2c(cnn2-c2ccc(F)cc2)c1.Cc1ncsc1C(N)=O. The van der Waals surface area contributed by atoms with E-state index in [0.29, 0.717) is 10.6 Å². The highest BCUT2D eigenvalue weighted by atomic mass is 32.1. The third-order valence-electron chi connectivity index (χ3n) is 7.17. The van der Waals surface area contributed by atoms with Crippen LogP contribution in [0.3, 0.4) is 0 Å². The van der Waals surface area contributed by atoms with Crippen LogP contribution in [0.25, 0.3) is 16.6 Å². The molecule has 3 heterocycles. The average Bonchev–Trinajstić information content (AvgIpc) is 3.67. The molecule has 1 aliphatic heterocycles. The summed E-state index contributed by atoms with van der Waals surface area (Å²) in [6.45, 7) is 3.90. The predicted molar refractivity (Wildman–Crippen MR) is 156 cm³/mol. The summed E-state index contributed by atoms with van der Waals surface area (Å²) in [4.78, 5) is 30.2. The molecule has 2 atom stereocenters. The Morgan fingerprint density at radius 2 is 1.80 bits per heavy atom. The van der Waals surface area contributed by atoms with Crippen LogP contribution in [0.4, 0.5) is 10.1 Å². The third-order valence-corrected chi connectivity index (χ3v) is 8.12. The Bertz CT molecular complexity index is 1630. The first kappa shape index (κ1) is 27.2. The first-order valence-corrected chi connectivity index (χ1v) is 14.0. The van der Waals surface area contributed by atoms with Gasteiger partial charge in [-0.05, 0) is 74.2 Å². The van der Waals surface area contributed by atoms with Crippen molar-refractivity contribution in [3.05, 3.63) is 106 Å². The number of aryl methyl sites for hydroxylation is 1. The quantitative estimate of drug-likeness (QED) is 0.274. The minimum absolute atomic E-state index is 0.00462. The Hall–Kier alpha value is -4.37. The van der Waals surface area contributed by atoms with Crippen LogP contribution in [-0.2, 0) is 11.2 Å². The van der Waals surface area contributed by atoms with Crippen molar-refractivity contribution in [1.82, 2.24) is 14.8 Å². The normalized spacial score (nSPS) is 16.7. The van der Waals surface area contributed by atoms with Crippen molar-refractivity contribution in [3.8, 4) is 5.69 Å². The molecular weight excluding hydrogens is 525 g/mol. The third kappa shape index (κ3) is 5.65. The Balaban J connectivity index is 0.000000306. The van der Waals surface area contributed by atoms with Crippen molar-refractivity contribution in [2.45, 2.75) is 39.2 Å². The lowest BCUT2D eigenvalue weighted by atomic mass is 9.96. The number of nitrogens with zero attached hydrogens (tertiary/aromatic N) is 4. The molecule has 7 nitrogen and oxygen atoms in total. The molecule has 9 heteroatoms. The van der Waals surface area contributed by atoms with Gasteiger partial charge in [0.1, 0.15) is 10.7 Å². The molecule has 0 spiro atoms. The minimum Gasteiger partial charge on any atom is -0.365 e. The summed E-state index contributed by atoms with van der Waals surface area (Å²) in [5, 5.41) is 5.44. The smallest absolute Gasteiger partial charge is 0.260 e. The number of carbonyl (C=O) groups excluding carboxylic acids is 2. The summed E-state index contributed by atoms with van der Waals surface area (Å²) in [6.07, 6.45) is 4.36. The van der Waals surface area contributed by atoms with E-state index in [9.17, 15) is 14.0 Å². The fourth-order valence-electron chi connectivity index (χ4n) is 5.16. The fourth-order valence-corrected chi connectivity index (χ4v) is 5.82. The topological polar surface area (TPSA) is 94.1 Å². The molecule has 0 unspecified atom stereocenters. The maximum atomic E-state index is 13.3. The lowest BCUT2D eigenvalue weighted by Gasteiger charge is -2.24. The number of aromatic nitrogens is 3. The van der Waals surface area contributed by atoms with Gasteiger partial charge >= 0.3 is 0 Å². The summed E-state index contributed by atoms with van der Waals surface area (Å²) >= 11 is 1.27. The molecule has 204 valence electrons. The van der Waals surface area contributed by atoms with Gasteiger partial charge in [-0.25, -0.2) is 14.1 Å². The van der Waals surface area contributed by atoms with E-state index in [1.54, 1.807) is 35.4 Å². The highest BCUT2D eigenvalue weighted by molar-refractivity contribution is 7.11. The van der Waals surface area contributed by atoms with Crippen molar-refractivity contribution in [3.63, 3.8) is 0 Å². The largest absolute Gasteiger partial charge is 0.365 e. The second-order valence-corrected chi connectivity index (χ2v) is 10.7. The molecule has 1 fully saturated rings. The van der Waals surface area contributed by atoms with Crippen LogP contribution < -0.4 is 10.6 Å². The number of halogens is 1. The molecule has 2 aromatic heterocycles. The second-order valence-electron chi connectivity index (χ2n) is 9.80. The van der Waals surface area contributed by atoms with Crippen molar-refractivity contribution >= 4 is 39.7 Å². The Kier molecular flexibility index (Phi) is 8.02. The fraction of sp³-hybridized carbons (Fsp3) is 0.226. The zero-order valence-electron chi connectivity index (χ0n) is 22.3. The maximum Gasteiger partial charge on any atom is 0.260 e. The number of hydrogen-bond donors (Lipinski definition) is 1. The van der Waals surface area contributed by atoms with E-state index < -0.39 is 5.91 Å². The number of rotatable bonds is 6. The molecule has 2 N–H and O–H groups in total. The number of hydrogen-bond acceptors (Lipinski definition) is 5. The molecule has 0 bridgehead atoms. The molecule has 5 aromatic rings. The average molecular weight is 556 g/mol. The maximum absolute atomic E-state index is 13.3. The molecule has 6 rings (SSSR count). The number of thiazole rings is 1. The summed E-state index contributed by atoms with van der Waals surface area (Å²) in [7, 11) is 0.